The van der Waals surface area contributed by atoms with Crippen molar-refractivity contribution in [3.05, 3.63) is 71.3 Å². The van der Waals surface area contributed by atoms with Crippen molar-refractivity contribution in [2.45, 2.75) is 18.6 Å². The van der Waals surface area contributed by atoms with E-state index >= 15 is 0 Å². The number of methoxy groups -OCH3 is 1. The number of hydrogen-bond donors (Lipinski definition) is 4. The molecule has 1 fully saturated rings. The molecule has 0 bridgehead atoms. The van der Waals surface area contributed by atoms with Crippen LogP contribution in [-0.2, 0) is 9.53 Å². The summed E-state index contributed by atoms with van der Waals surface area (Å²) in [4.78, 5) is 41.2. The van der Waals surface area contributed by atoms with Gasteiger partial charge in [-0.2, -0.15) is 0 Å². The highest BCUT2D eigenvalue weighted by Crippen LogP contribution is 2.28. The molecule has 2 atom stereocenters. The lowest BCUT2D eigenvalue weighted by atomic mass is 10.1. The highest BCUT2D eigenvalue weighted by molar-refractivity contribution is 6.30. The van der Waals surface area contributed by atoms with Gasteiger partial charge in [-0.3, -0.25) is 4.79 Å². The molecule has 4 N–H and O–H groups in total. The molecule has 0 radical (unpaired) electrons. The van der Waals surface area contributed by atoms with E-state index in [-0.39, 0.29) is 30.5 Å². The average molecular weight is 501 g/mol. The second kappa shape index (κ2) is 10.2. The van der Waals surface area contributed by atoms with Gasteiger partial charge in [0.1, 0.15) is 17.6 Å². The predicted octanol–water partition coefficient (Wildman–Crippen LogP) is 4.43. The zero-order chi connectivity index (χ0) is 25.1. The number of urea groups is 1. The number of carboxylic acid groups (broad SMARTS) is 1. The van der Waals surface area contributed by atoms with Crippen molar-refractivity contribution in [2.24, 2.45) is 0 Å². The van der Waals surface area contributed by atoms with E-state index in [1.54, 1.807) is 24.3 Å². The Labute approximate surface area is 204 Å². The topological polar surface area (TPSA) is 124 Å². The van der Waals surface area contributed by atoms with Gasteiger partial charge in [0, 0.05) is 42.5 Å². The second-order valence-electron chi connectivity index (χ2n) is 7.95. The van der Waals surface area contributed by atoms with Crippen LogP contribution >= 0.6 is 11.6 Å². The molecule has 3 aromatic rings. The molecule has 1 aliphatic heterocycles. The van der Waals surface area contributed by atoms with Gasteiger partial charge in [0.05, 0.1) is 11.8 Å². The average Bonchev–Trinajstić information content (AvgIpc) is 3.49. The van der Waals surface area contributed by atoms with E-state index in [1.165, 1.54) is 36.4 Å². The highest BCUT2D eigenvalue weighted by atomic mass is 35.5. The van der Waals surface area contributed by atoms with Crippen LogP contribution in [-0.4, -0.2) is 58.7 Å². The van der Waals surface area contributed by atoms with Gasteiger partial charge in [-0.15, -0.1) is 0 Å². The third-order valence-electron chi connectivity index (χ3n) is 5.75. The number of ether oxygens (including phenoxy) is 1. The molecule has 0 aliphatic carbocycles. The molecule has 2 heterocycles. The van der Waals surface area contributed by atoms with E-state index in [1.807, 2.05) is 0 Å². The first-order chi connectivity index (χ1) is 16.8. The largest absolute Gasteiger partial charge is 0.477 e. The third-order valence-corrected chi connectivity index (χ3v) is 6.01. The standard InChI is InChI=1S/C24H22ClFN4O5/c1-35-16-11-20(30(12-16)24(34)28-15-5-3-14(25)4-6-15)22(31)29-19-7-2-13(10-18(19)26)17-8-9-27-21(17)23(32)33/h2-10,16,20,27H,11-12H2,1H3,(H,28,34)(H,29,31)(H,32,33). The van der Waals surface area contributed by atoms with Crippen molar-refractivity contribution < 1.29 is 28.6 Å². The lowest BCUT2D eigenvalue weighted by Gasteiger charge is -2.24. The van der Waals surface area contributed by atoms with Crippen LogP contribution in [0, 0.1) is 5.82 Å². The molecule has 11 heteroatoms. The van der Waals surface area contributed by atoms with Gasteiger partial charge in [-0.1, -0.05) is 17.7 Å². The van der Waals surface area contributed by atoms with Crippen LogP contribution in [0.25, 0.3) is 11.1 Å². The van der Waals surface area contributed by atoms with Crippen molar-refractivity contribution in [1.82, 2.24) is 9.88 Å². The maximum Gasteiger partial charge on any atom is 0.352 e. The number of nitrogens with zero attached hydrogens (tertiary/aromatic N) is 1. The van der Waals surface area contributed by atoms with E-state index in [2.05, 4.69) is 15.6 Å². The number of nitrogens with one attached hydrogen (secondary N) is 3. The Balaban J connectivity index is 1.50. The van der Waals surface area contributed by atoms with Crippen molar-refractivity contribution in [1.29, 1.82) is 0 Å². The second-order valence-corrected chi connectivity index (χ2v) is 8.39. The molecule has 2 aromatic carbocycles. The molecule has 2 unspecified atom stereocenters. The number of benzene rings is 2. The van der Waals surface area contributed by atoms with Crippen LogP contribution in [0.4, 0.5) is 20.6 Å². The molecular formula is C24H22ClFN4O5. The normalized spacial score (nSPS) is 17.3. The first kappa shape index (κ1) is 24.2. The van der Waals surface area contributed by atoms with Gasteiger partial charge in [0.15, 0.2) is 0 Å². The Hall–Kier alpha value is -3.89. The van der Waals surface area contributed by atoms with Gasteiger partial charge < -0.3 is 30.4 Å². The maximum atomic E-state index is 14.8. The number of carbonyl (C=O) groups excluding carboxylic acids is 2. The fourth-order valence-corrected chi connectivity index (χ4v) is 4.08. The molecule has 182 valence electrons. The van der Waals surface area contributed by atoms with Gasteiger partial charge in [-0.25, -0.2) is 14.0 Å². The van der Waals surface area contributed by atoms with E-state index in [0.717, 1.165) is 6.07 Å². The molecule has 1 saturated heterocycles. The first-order valence-corrected chi connectivity index (χ1v) is 11.0. The van der Waals surface area contributed by atoms with E-state index in [4.69, 9.17) is 16.3 Å². The molecule has 4 rings (SSSR count). The van der Waals surface area contributed by atoms with Crippen LogP contribution in [0.15, 0.2) is 54.7 Å². The Bertz CT molecular complexity index is 1260. The SMILES string of the molecule is COC1CC(C(=O)Nc2ccc(-c3cc[nH]c3C(=O)O)cc2F)N(C(=O)Nc2ccc(Cl)cc2)C1. The number of amides is 3. The summed E-state index contributed by atoms with van der Waals surface area (Å²) in [7, 11) is 1.49. The van der Waals surface area contributed by atoms with E-state index in [0.29, 0.717) is 21.8 Å². The number of carbonyl (C=O) groups is 3. The summed E-state index contributed by atoms with van der Waals surface area (Å²) in [6.45, 7) is 0.181. The summed E-state index contributed by atoms with van der Waals surface area (Å²) in [6.07, 6.45) is 1.32. The minimum Gasteiger partial charge on any atom is -0.477 e. The number of rotatable bonds is 6. The number of aromatic carboxylic acids is 1. The monoisotopic (exact) mass is 500 g/mol. The number of carboxylic acids is 1. The molecule has 1 aromatic heterocycles. The van der Waals surface area contributed by atoms with Crippen molar-refractivity contribution in [3.8, 4) is 11.1 Å². The Morgan fingerprint density at radius 2 is 1.89 bits per heavy atom. The molecule has 0 spiro atoms. The van der Waals surface area contributed by atoms with Crippen molar-refractivity contribution >= 4 is 40.9 Å². The van der Waals surface area contributed by atoms with Crippen LogP contribution in [0.2, 0.25) is 5.02 Å². The summed E-state index contributed by atoms with van der Waals surface area (Å²) >= 11 is 5.88. The molecule has 0 saturated carbocycles. The minimum atomic E-state index is -1.17. The number of likely N-dealkylation sites (tertiary alicyclic amines) is 1. The number of H-pyrrole nitrogens is 1. The molecule has 1 aliphatic rings. The summed E-state index contributed by atoms with van der Waals surface area (Å²) in [5.41, 5.74) is 0.998. The van der Waals surface area contributed by atoms with Gasteiger partial charge in [0.2, 0.25) is 5.91 Å². The first-order valence-electron chi connectivity index (χ1n) is 10.6. The Kier molecular flexibility index (Phi) is 7.04. The summed E-state index contributed by atoms with van der Waals surface area (Å²) in [5, 5.41) is 15.0. The number of anilines is 2. The van der Waals surface area contributed by atoms with Crippen LogP contribution in [0.1, 0.15) is 16.9 Å². The summed E-state index contributed by atoms with van der Waals surface area (Å²) in [5.74, 6) is -2.49. The smallest absolute Gasteiger partial charge is 0.352 e. The predicted molar refractivity (Wildman–Crippen MR) is 128 cm³/mol. The zero-order valence-electron chi connectivity index (χ0n) is 18.5. The highest BCUT2D eigenvalue weighted by Gasteiger charge is 2.40. The quantitative estimate of drug-likeness (QED) is 0.398. The molecule has 3 amide bonds. The third kappa shape index (κ3) is 5.28. The van der Waals surface area contributed by atoms with Crippen molar-refractivity contribution in [2.75, 3.05) is 24.3 Å². The number of halogens is 2. The lowest BCUT2D eigenvalue weighted by Crippen LogP contribution is -2.45. The van der Waals surface area contributed by atoms with E-state index < -0.39 is 29.8 Å². The van der Waals surface area contributed by atoms with Crippen LogP contribution in [0.5, 0.6) is 0 Å². The Morgan fingerprint density at radius 1 is 1.14 bits per heavy atom. The number of aromatic nitrogens is 1. The van der Waals surface area contributed by atoms with Crippen molar-refractivity contribution in [3.63, 3.8) is 0 Å². The van der Waals surface area contributed by atoms with Gasteiger partial charge >= 0.3 is 12.0 Å². The number of aromatic amines is 1. The van der Waals surface area contributed by atoms with Crippen LogP contribution < -0.4 is 10.6 Å². The maximum absolute atomic E-state index is 14.8. The summed E-state index contributed by atoms with van der Waals surface area (Å²) in [6, 6.07) is 10.7. The fraction of sp³-hybridized carbons (Fsp3) is 0.208. The fourth-order valence-electron chi connectivity index (χ4n) is 3.96. The zero-order valence-corrected chi connectivity index (χ0v) is 19.3. The van der Waals surface area contributed by atoms with Gasteiger partial charge in [0.25, 0.3) is 0 Å². The lowest BCUT2D eigenvalue weighted by molar-refractivity contribution is -0.119. The molecule has 9 nitrogen and oxygen atoms in total. The minimum absolute atomic E-state index is 0.0694. The van der Waals surface area contributed by atoms with E-state index in [9.17, 15) is 23.9 Å². The summed E-state index contributed by atoms with van der Waals surface area (Å²) < 4.78 is 20.2. The van der Waals surface area contributed by atoms with Gasteiger partial charge in [-0.05, 0) is 48.0 Å². The number of hydrogen-bond acceptors (Lipinski definition) is 4. The molecular weight excluding hydrogens is 479 g/mol. The Morgan fingerprint density at radius 3 is 2.54 bits per heavy atom. The molecule has 35 heavy (non-hydrogen) atoms. The van der Waals surface area contributed by atoms with Crippen LogP contribution in [0.3, 0.4) is 0 Å².